The highest BCUT2D eigenvalue weighted by atomic mass is 19.1. The van der Waals surface area contributed by atoms with Crippen molar-refractivity contribution < 1.29 is 9.18 Å². The fourth-order valence-electron chi connectivity index (χ4n) is 0.158. The maximum Gasteiger partial charge on any atom is 0.141 e. The van der Waals surface area contributed by atoms with Gasteiger partial charge in [0.1, 0.15) is 12.0 Å². The van der Waals surface area contributed by atoms with E-state index in [1.54, 1.807) is 0 Å². The van der Waals surface area contributed by atoms with Crippen molar-refractivity contribution >= 4 is 5.78 Å². The van der Waals surface area contributed by atoms with E-state index in [0.29, 0.717) is 0 Å². The summed E-state index contributed by atoms with van der Waals surface area (Å²) in [5.74, 6) is 1.88. The predicted molar refractivity (Wildman–Crippen MR) is 24.2 cm³/mol. The van der Waals surface area contributed by atoms with Gasteiger partial charge in [0, 0.05) is 0 Å². The standard InChI is InChI=1S/C5H5FO/c1-5(7)3-2-4-6/h3H2,1H3. The average Bonchev–Trinajstić information content (AvgIpc) is 1.61. The minimum Gasteiger partial charge on any atom is -0.299 e. The number of Topliss-reactive ketones (excluding diaryl/α,β-unsaturated/α-hetero) is 1. The highest BCUT2D eigenvalue weighted by Gasteiger charge is 1.82. The van der Waals surface area contributed by atoms with Crippen LogP contribution in [0.4, 0.5) is 4.39 Å². The number of ketones is 1. The number of carbonyl (C=O) groups is 1. The first-order valence-electron chi connectivity index (χ1n) is 1.85. The lowest BCUT2D eigenvalue weighted by molar-refractivity contribution is -0.116. The van der Waals surface area contributed by atoms with Gasteiger partial charge in [0.25, 0.3) is 0 Å². The number of hydrogen-bond acceptors (Lipinski definition) is 1. The molecule has 7 heavy (non-hydrogen) atoms. The molecular weight excluding hydrogens is 95.1 g/mol. The van der Waals surface area contributed by atoms with Crippen molar-refractivity contribution in [1.29, 1.82) is 0 Å². The van der Waals surface area contributed by atoms with Gasteiger partial charge in [-0.15, -0.1) is 4.39 Å². The van der Waals surface area contributed by atoms with E-state index in [4.69, 9.17) is 0 Å². The van der Waals surface area contributed by atoms with Crippen LogP contribution in [0.5, 0.6) is 0 Å². The monoisotopic (exact) mass is 100 g/mol. The van der Waals surface area contributed by atoms with Gasteiger partial charge in [0.05, 0.1) is 6.42 Å². The summed E-state index contributed by atoms with van der Waals surface area (Å²) < 4.78 is 10.8. The molecule has 0 N–H and O–H groups in total. The predicted octanol–water partition coefficient (Wildman–Crippen LogP) is 0.896. The molecule has 0 aromatic heterocycles. The maximum absolute atomic E-state index is 10.8. The molecule has 0 fully saturated rings. The van der Waals surface area contributed by atoms with E-state index >= 15 is 0 Å². The second kappa shape index (κ2) is 3.35. The molecular formula is C5H5FO. The zero-order valence-corrected chi connectivity index (χ0v) is 3.99. The van der Waals surface area contributed by atoms with Gasteiger partial charge >= 0.3 is 0 Å². The van der Waals surface area contributed by atoms with Crippen LogP contribution in [0.3, 0.4) is 0 Å². The Morgan fingerprint density at radius 3 is 2.57 bits per heavy atom. The summed E-state index contributed by atoms with van der Waals surface area (Å²) in [6, 6.07) is 0. The fourth-order valence-corrected chi connectivity index (χ4v) is 0.158. The number of halogens is 1. The van der Waals surface area contributed by atoms with Crippen LogP contribution in [-0.2, 0) is 4.79 Å². The fraction of sp³-hybridized carbons (Fsp3) is 0.400. The lowest BCUT2D eigenvalue weighted by Crippen LogP contribution is -1.83. The normalized spacial score (nSPS) is 6.57. The molecule has 0 saturated carbocycles. The zero-order valence-electron chi connectivity index (χ0n) is 3.99. The van der Waals surface area contributed by atoms with E-state index in [2.05, 4.69) is 0 Å². The molecule has 0 amide bonds. The molecule has 0 heterocycles. The van der Waals surface area contributed by atoms with Crippen molar-refractivity contribution in [3.8, 4) is 12.1 Å². The first kappa shape index (κ1) is 6.16. The average molecular weight is 100 g/mol. The lowest BCUT2D eigenvalue weighted by atomic mass is 10.3. The van der Waals surface area contributed by atoms with Gasteiger partial charge in [0.15, 0.2) is 0 Å². The van der Waals surface area contributed by atoms with Crippen molar-refractivity contribution in [2.45, 2.75) is 13.3 Å². The van der Waals surface area contributed by atoms with E-state index in [1.807, 2.05) is 5.92 Å². The van der Waals surface area contributed by atoms with Crippen molar-refractivity contribution in [3.05, 3.63) is 0 Å². The summed E-state index contributed by atoms with van der Waals surface area (Å²) in [7, 11) is 0. The summed E-state index contributed by atoms with van der Waals surface area (Å²) >= 11 is 0. The molecule has 0 aromatic carbocycles. The Kier molecular flexibility index (Phi) is 2.95. The SMILES string of the molecule is CC(=O)CC#CF. The van der Waals surface area contributed by atoms with Gasteiger partial charge in [-0.3, -0.25) is 4.79 Å². The molecule has 0 unspecified atom stereocenters. The largest absolute Gasteiger partial charge is 0.299 e. The van der Waals surface area contributed by atoms with Crippen LogP contribution in [0.25, 0.3) is 0 Å². The van der Waals surface area contributed by atoms with Gasteiger partial charge in [-0.05, 0) is 6.92 Å². The third kappa shape index (κ3) is 5.16. The minimum atomic E-state index is -0.106. The highest BCUT2D eigenvalue weighted by Crippen LogP contribution is 1.75. The molecule has 0 aromatic rings. The Bertz CT molecular complexity index is 118. The number of carbonyl (C=O) groups excluding carboxylic acids is 1. The molecule has 0 spiro atoms. The first-order chi connectivity index (χ1) is 3.27. The van der Waals surface area contributed by atoms with Crippen LogP contribution in [0.1, 0.15) is 13.3 Å². The number of rotatable bonds is 1. The molecule has 0 aliphatic carbocycles. The van der Waals surface area contributed by atoms with Crippen molar-refractivity contribution in [2.24, 2.45) is 0 Å². The third-order valence-electron chi connectivity index (χ3n) is 0.404. The van der Waals surface area contributed by atoms with E-state index in [9.17, 15) is 9.18 Å². The third-order valence-corrected chi connectivity index (χ3v) is 0.404. The Labute approximate surface area is 41.5 Å². The van der Waals surface area contributed by atoms with Gasteiger partial charge in [-0.25, -0.2) is 0 Å². The summed E-state index contributed by atoms with van der Waals surface area (Å²) in [4.78, 5) is 9.93. The van der Waals surface area contributed by atoms with Crippen molar-refractivity contribution in [2.75, 3.05) is 0 Å². The van der Waals surface area contributed by atoms with E-state index < -0.39 is 0 Å². The molecule has 0 aliphatic rings. The zero-order chi connectivity index (χ0) is 5.70. The van der Waals surface area contributed by atoms with Crippen LogP contribution in [0, 0.1) is 12.1 Å². The van der Waals surface area contributed by atoms with E-state index in [1.165, 1.54) is 6.92 Å². The van der Waals surface area contributed by atoms with Crippen LogP contribution >= 0.6 is 0 Å². The second-order valence-corrected chi connectivity index (χ2v) is 1.15. The Morgan fingerprint density at radius 2 is 2.43 bits per heavy atom. The highest BCUT2D eigenvalue weighted by molar-refractivity contribution is 5.77. The quantitative estimate of drug-likeness (QED) is 0.447. The molecule has 0 saturated heterocycles. The molecule has 0 radical (unpaired) electrons. The maximum atomic E-state index is 10.8. The summed E-state index contributed by atoms with van der Waals surface area (Å²) in [6.45, 7) is 1.37. The Balaban J connectivity index is 3.26. The van der Waals surface area contributed by atoms with Crippen molar-refractivity contribution in [1.82, 2.24) is 0 Å². The van der Waals surface area contributed by atoms with Crippen LogP contribution in [-0.4, -0.2) is 5.78 Å². The topological polar surface area (TPSA) is 17.1 Å². The summed E-state index contributed by atoms with van der Waals surface area (Å²) in [5, 5.41) is 0. The molecule has 0 bridgehead atoms. The van der Waals surface area contributed by atoms with E-state index in [-0.39, 0.29) is 12.2 Å². The molecule has 0 atom stereocenters. The van der Waals surface area contributed by atoms with E-state index in [0.717, 1.165) is 6.17 Å². The summed E-state index contributed by atoms with van der Waals surface area (Å²) in [5.41, 5.74) is 0. The van der Waals surface area contributed by atoms with Gasteiger partial charge in [-0.2, -0.15) is 0 Å². The number of hydrogen-bond donors (Lipinski definition) is 0. The molecule has 1 nitrogen and oxygen atoms in total. The van der Waals surface area contributed by atoms with Gasteiger partial charge in [0.2, 0.25) is 0 Å². The van der Waals surface area contributed by atoms with Gasteiger partial charge in [-0.1, -0.05) is 5.92 Å². The van der Waals surface area contributed by atoms with Crippen molar-refractivity contribution in [3.63, 3.8) is 0 Å². The molecule has 2 heteroatoms. The minimum absolute atomic E-state index is 0.0243. The molecule has 0 rings (SSSR count). The first-order valence-corrected chi connectivity index (χ1v) is 1.85. The molecule has 0 aliphatic heterocycles. The molecule has 38 valence electrons. The van der Waals surface area contributed by atoms with Gasteiger partial charge < -0.3 is 0 Å². The lowest BCUT2D eigenvalue weighted by Gasteiger charge is -1.72. The summed E-state index contributed by atoms with van der Waals surface area (Å²) in [6.07, 6.45) is 1.15. The smallest absolute Gasteiger partial charge is 0.141 e. The Morgan fingerprint density at radius 1 is 1.86 bits per heavy atom. The second-order valence-electron chi connectivity index (χ2n) is 1.15. The van der Waals surface area contributed by atoms with Crippen LogP contribution in [0.15, 0.2) is 0 Å². The van der Waals surface area contributed by atoms with Crippen LogP contribution < -0.4 is 0 Å². The Hall–Kier alpha value is -0.840. The van der Waals surface area contributed by atoms with Crippen LogP contribution in [0.2, 0.25) is 0 Å².